The van der Waals surface area contributed by atoms with Crippen LogP contribution < -0.4 is 5.32 Å². The molecule has 0 spiro atoms. The Morgan fingerprint density at radius 2 is 1.42 bits per heavy atom. The third kappa shape index (κ3) is 6.56. The molecule has 1 aliphatic heterocycles. The summed E-state index contributed by atoms with van der Waals surface area (Å²) in [6.45, 7) is 1.03. The van der Waals surface area contributed by atoms with Crippen molar-refractivity contribution in [3.63, 3.8) is 0 Å². The minimum atomic E-state index is -0.495. The van der Waals surface area contributed by atoms with E-state index in [0.29, 0.717) is 19.5 Å². The van der Waals surface area contributed by atoms with Crippen LogP contribution in [0.25, 0.3) is 0 Å². The number of carbonyl (C=O) groups is 2. The topological polar surface area (TPSA) is 61.8 Å². The van der Waals surface area contributed by atoms with Crippen LogP contribution >= 0.6 is 11.8 Å². The summed E-state index contributed by atoms with van der Waals surface area (Å²) in [6, 6.07) is 29.9. The number of nitrogens with zero attached hydrogens (tertiary/aromatic N) is 2. The number of hydrazone groups is 1. The molecule has 0 fully saturated rings. The average Bonchev–Trinajstić information content (AvgIpc) is 2.86. The van der Waals surface area contributed by atoms with Gasteiger partial charge in [-0.25, -0.2) is 5.01 Å². The number of nitrogens with one attached hydrogen (secondary N) is 1. The zero-order valence-corrected chi connectivity index (χ0v) is 19.2. The van der Waals surface area contributed by atoms with Gasteiger partial charge in [0.15, 0.2) is 0 Å². The zero-order chi connectivity index (χ0) is 22.9. The van der Waals surface area contributed by atoms with Gasteiger partial charge in [0.1, 0.15) is 10.3 Å². The molecule has 0 aliphatic carbocycles. The van der Waals surface area contributed by atoms with Crippen molar-refractivity contribution in [3.8, 4) is 0 Å². The van der Waals surface area contributed by atoms with Crippen molar-refractivity contribution in [3.05, 3.63) is 108 Å². The van der Waals surface area contributed by atoms with Crippen LogP contribution in [-0.4, -0.2) is 40.2 Å². The summed E-state index contributed by atoms with van der Waals surface area (Å²) in [5, 5.41) is 9.41. The summed E-state index contributed by atoms with van der Waals surface area (Å²) < 4.78 is 0. The molecule has 2 amide bonds. The molecule has 0 saturated heterocycles. The number of hydrogen-bond donors (Lipinski definition) is 1. The third-order valence-electron chi connectivity index (χ3n) is 5.42. The highest BCUT2D eigenvalue weighted by atomic mass is 32.2. The summed E-state index contributed by atoms with van der Waals surface area (Å²) in [5.41, 5.74) is 3.27. The Bertz CT molecular complexity index is 1090. The molecule has 3 aromatic carbocycles. The number of benzene rings is 3. The van der Waals surface area contributed by atoms with E-state index in [4.69, 9.17) is 0 Å². The summed E-state index contributed by atoms with van der Waals surface area (Å²) in [5.74, 6) is -0.233. The Morgan fingerprint density at radius 1 is 0.848 bits per heavy atom. The predicted molar refractivity (Wildman–Crippen MR) is 134 cm³/mol. The highest BCUT2D eigenvalue weighted by Gasteiger charge is 2.33. The lowest BCUT2D eigenvalue weighted by Gasteiger charge is -2.29. The highest BCUT2D eigenvalue weighted by Crippen LogP contribution is 2.28. The molecule has 5 nitrogen and oxygen atoms in total. The third-order valence-corrected chi connectivity index (χ3v) is 6.61. The normalized spacial score (nSPS) is 15.8. The zero-order valence-electron chi connectivity index (χ0n) is 18.4. The van der Waals surface area contributed by atoms with Gasteiger partial charge in [0.05, 0.1) is 0 Å². The van der Waals surface area contributed by atoms with Gasteiger partial charge >= 0.3 is 0 Å². The maximum absolute atomic E-state index is 13.2. The minimum Gasteiger partial charge on any atom is -0.356 e. The second-order valence-electron chi connectivity index (χ2n) is 7.86. The molecular formula is C27H27N3O2S. The first-order valence-corrected chi connectivity index (χ1v) is 12.0. The van der Waals surface area contributed by atoms with Gasteiger partial charge in [0, 0.05) is 25.1 Å². The van der Waals surface area contributed by atoms with Gasteiger partial charge < -0.3 is 5.32 Å². The summed E-state index contributed by atoms with van der Waals surface area (Å²) in [4.78, 5) is 25.8. The van der Waals surface area contributed by atoms with Crippen LogP contribution in [0.15, 0.2) is 96.1 Å². The smallest absolute Gasteiger partial charge is 0.256 e. The van der Waals surface area contributed by atoms with Gasteiger partial charge in [-0.3, -0.25) is 9.59 Å². The Kier molecular flexibility index (Phi) is 7.93. The first-order valence-electron chi connectivity index (χ1n) is 11.2. The largest absolute Gasteiger partial charge is 0.356 e. The fourth-order valence-corrected chi connectivity index (χ4v) is 4.79. The van der Waals surface area contributed by atoms with Gasteiger partial charge in [-0.15, -0.1) is 0 Å². The number of rotatable bonds is 9. The molecule has 4 rings (SSSR count). The molecule has 1 N–H and O–H groups in total. The molecule has 6 heteroatoms. The predicted octanol–water partition coefficient (Wildman–Crippen LogP) is 4.28. The van der Waals surface area contributed by atoms with Gasteiger partial charge in [-0.05, 0) is 24.0 Å². The highest BCUT2D eigenvalue weighted by molar-refractivity contribution is 8.15. The summed E-state index contributed by atoms with van der Waals surface area (Å²) in [7, 11) is 0. The second kappa shape index (κ2) is 11.5. The van der Waals surface area contributed by atoms with Crippen LogP contribution in [-0.2, 0) is 22.4 Å². The summed E-state index contributed by atoms with van der Waals surface area (Å²) >= 11 is 1.37. The summed E-state index contributed by atoms with van der Waals surface area (Å²) in [6.07, 6.45) is 1.60. The molecule has 0 radical (unpaired) electrons. The van der Waals surface area contributed by atoms with E-state index in [0.717, 1.165) is 22.6 Å². The van der Waals surface area contributed by atoms with Crippen LogP contribution in [0.3, 0.4) is 0 Å². The van der Waals surface area contributed by atoms with Crippen LogP contribution in [0.2, 0.25) is 0 Å². The molecule has 1 atom stereocenters. The van der Waals surface area contributed by atoms with Crippen LogP contribution in [0.4, 0.5) is 0 Å². The van der Waals surface area contributed by atoms with E-state index in [1.54, 1.807) is 0 Å². The fourth-order valence-electron chi connectivity index (χ4n) is 3.64. The van der Waals surface area contributed by atoms with Crippen LogP contribution in [0, 0.1) is 0 Å². The van der Waals surface area contributed by atoms with Crippen molar-refractivity contribution in [2.75, 3.05) is 13.1 Å². The van der Waals surface area contributed by atoms with Gasteiger partial charge in [0.25, 0.3) is 5.91 Å². The molecule has 0 saturated carbocycles. The van der Waals surface area contributed by atoms with Crippen molar-refractivity contribution in [2.45, 2.75) is 24.5 Å². The molecule has 1 unspecified atom stereocenters. The second-order valence-corrected chi connectivity index (χ2v) is 9.06. The van der Waals surface area contributed by atoms with Crippen molar-refractivity contribution >= 4 is 28.6 Å². The standard InChI is InChI=1S/C27H27N3O2S/c31-25(28-18-16-21-10-4-1-5-11-21)20-24-27(32)30(19-17-22-12-6-2-7-13-22)29-26(33-24)23-14-8-3-9-15-23/h1-15,24H,16-20H2,(H,28,31). The lowest BCUT2D eigenvalue weighted by molar-refractivity contribution is -0.133. The molecule has 0 aromatic heterocycles. The molecule has 33 heavy (non-hydrogen) atoms. The Hall–Kier alpha value is -3.38. The number of thioether (sulfide) groups is 1. The van der Waals surface area contributed by atoms with E-state index in [1.165, 1.54) is 22.3 Å². The molecular weight excluding hydrogens is 430 g/mol. The first kappa shape index (κ1) is 22.8. The van der Waals surface area contributed by atoms with Crippen molar-refractivity contribution < 1.29 is 9.59 Å². The lowest BCUT2D eigenvalue weighted by atomic mass is 10.1. The molecule has 0 bridgehead atoms. The lowest BCUT2D eigenvalue weighted by Crippen LogP contribution is -2.42. The first-order chi connectivity index (χ1) is 16.2. The SMILES string of the molecule is O=C(CC1SC(c2ccccc2)=NN(CCc2ccccc2)C1=O)NCCc1ccccc1. The van der Waals surface area contributed by atoms with E-state index in [-0.39, 0.29) is 18.2 Å². The van der Waals surface area contributed by atoms with Gasteiger partial charge in [-0.1, -0.05) is 103 Å². The number of amides is 2. The average molecular weight is 458 g/mol. The molecule has 1 heterocycles. The van der Waals surface area contributed by atoms with Crippen molar-refractivity contribution in [1.29, 1.82) is 0 Å². The van der Waals surface area contributed by atoms with Crippen molar-refractivity contribution in [1.82, 2.24) is 10.3 Å². The van der Waals surface area contributed by atoms with E-state index in [9.17, 15) is 9.59 Å². The Balaban J connectivity index is 1.41. The number of hydrogen-bond acceptors (Lipinski definition) is 4. The van der Waals surface area contributed by atoms with E-state index in [2.05, 4.69) is 10.4 Å². The van der Waals surface area contributed by atoms with E-state index < -0.39 is 5.25 Å². The minimum absolute atomic E-state index is 0.117. The molecule has 3 aromatic rings. The monoisotopic (exact) mass is 457 g/mol. The number of carbonyl (C=O) groups excluding carboxylic acids is 2. The maximum Gasteiger partial charge on any atom is 0.256 e. The quantitative estimate of drug-likeness (QED) is 0.522. The Morgan fingerprint density at radius 3 is 2.06 bits per heavy atom. The van der Waals surface area contributed by atoms with Gasteiger partial charge in [-0.2, -0.15) is 5.10 Å². The van der Waals surface area contributed by atoms with E-state index >= 15 is 0 Å². The molecule has 1 aliphatic rings. The molecule has 168 valence electrons. The Labute approximate surface area is 198 Å². The van der Waals surface area contributed by atoms with Gasteiger partial charge in [0.2, 0.25) is 5.91 Å². The van der Waals surface area contributed by atoms with Crippen molar-refractivity contribution in [2.24, 2.45) is 5.10 Å². The van der Waals surface area contributed by atoms with Crippen LogP contribution in [0.5, 0.6) is 0 Å². The maximum atomic E-state index is 13.2. The van der Waals surface area contributed by atoms with E-state index in [1.807, 2.05) is 91.0 Å². The fraction of sp³-hybridized carbons (Fsp3) is 0.222. The van der Waals surface area contributed by atoms with Crippen LogP contribution in [0.1, 0.15) is 23.1 Å².